The van der Waals surface area contributed by atoms with E-state index in [0.29, 0.717) is 12.2 Å². The molecule has 0 unspecified atom stereocenters. The molecule has 1 amide bonds. The molecule has 1 aromatic heterocycles. The average molecular weight is 319 g/mol. The number of nitrogens with one attached hydrogen (secondary N) is 1. The van der Waals surface area contributed by atoms with E-state index >= 15 is 0 Å². The molecule has 98 valence electrons. The van der Waals surface area contributed by atoms with Crippen molar-refractivity contribution in [2.24, 2.45) is 0 Å². The van der Waals surface area contributed by atoms with Crippen LogP contribution >= 0.6 is 15.9 Å². The van der Waals surface area contributed by atoms with E-state index in [0.717, 1.165) is 21.3 Å². The average Bonchev–Trinajstić information content (AvgIpc) is 2.36. The second kappa shape index (κ2) is 5.97. The fraction of sp³-hybridized carbons (Fsp3) is 0.200. The minimum Gasteiger partial charge on any atom is -0.347 e. The largest absolute Gasteiger partial charge is 0.347 e. The molecule has 1 N–H and O–H groups in total. The van der Waals surface area contributed by atoms with Crippen LogP contribution < -0.4 is 5.32 Å². The third-order valence-electron chi connectivity index (χ3n) is 2.70. The van der Waals surface area contributed by atoms with Gasteiger partial charge in [0, 0.05) is 16.7 Å². The molecule has 0 aliphatic carbocycles. The van der Waals surface area contributed by atoms with E-state index in [1.807, 2.05) is 44.2 Å². The summed E-state index contributed by atoms with van der Waals surface area (Å²) < 4.78 is 1.03. The number of hydrogen-bond donors (Lipinski definition) is 1. The number of hydrogen-bond acceptors (Lipinski definition) is 2. The summed E-state index contributed by atoms with van der Waals surface area (Å²) in [5.41, 5.74) is 3.42. The Hall–Kier alpha value is -1.68. The predicted molar refractivity (Wildman–Crippen MR) is 79.0 cm³/mol. The van der Waals surface area contributed by atoms with E-state index in [9.17, 15) is 4.79 Å². The van der Waals surface area contributed by atoms with Gasteiger partial charge in [0.05, 0.1) is 0 Å². The third kappa shape index (κ3) is 3.89. The van der Waals surface area contributed by atoms with Crippen LogP contribution in [0.4, 0.5) is 0 Å². The van der Waals surface area contributed by atoms with Crippen molar-refractivity contribution in [1.82, 2.24) is 10.3 Å². The van der Waals surface area contributed by atoms with Crippen LogP contribution in [0.15, 0.2) is 40.9 Å². The lowest BCUT2D eigenvalue weighted by atomic mass is 10.2. The SMILES string of the molecule is Cc1cc(C)nc(C(=O)NCc2ccc(Br)cc2)c1. The highest BCUT2D eigenvalue weighted by atomic mass is 79.9. The summed E-state index contributed by atoms with van der Waals surface area (Å²) in [5, 5.41) is 2.87. The summed E-state index contributed by atoms with van der Waals surface area (Å²) in [6.45, 7) is 4.35. The molecule has 19 heavy (non-hydrogen) atoms. The van der Waals surface area contributed by atoms with Crippen LogP contribution in [0.5, 0.6) is 0 Å². The maximum absolute atomic E-state index is 12.0. The minimum absolute atomic E-state index is 0.144. The van der Waals surface area contributed by atoms with E-state index < -0.39 is 0 Å². The summed E-state index contributed by atoms with van der Waals surface area (Å²) in [5.74, 6) is -0.144. The van der Waals surface area contributed by atoms with Crippen molar-refractivity contribution >= 4 is 21.8 Å². The summed E-state index contributed by atoms with van der Waals surface area (Å²) >= 11 is 3.38. The fourth-order valence-corrected chi connectivity index (χ4v) is 2.10. The molecule has 2 rings (SSSR count). The van der Waals surface area contributed by atoms with Crippen LogP contribution in [-0.2, 0) is 6.54 Å². The molecule has 0 atom stereocenters. The van der Waals surface area contributed by atoms with E-state index in [4.69, 9.17) is 0 Å². The van der Waals surface area contributed by atoms with Gasteiger partial charge < -0.3 is 5.32 Å². The Morgan fingerprint density at radius 2 is 1.89 bits per heavy atom. The number of aromatic nitrogens is 1. The van der Waals surface area contributed by atoms with E-state index in [-0.39, 0.29) is 5.91 Å². The van der Waals surface area contributed by atoms with Gasteiger partial charge in [-0.15, -0.1) is 0 Å². The zero-order valence-corrected chi connectivity index (χ0v) is 12.5. The van der Waals surface area contributed by atoms with Gasteiger partial charge in [-0.2, -0.15) is 0 Å². The van der Waals surface area contributed by atoms with Crippen molar-refractivity contribution in [3.8, 4) is 0 Å². The Labute approximate surface area is 121 Å². The molecule has 0 aliphatic rings. The van der Waals surface area contributed by atoms with Gasteiger partial charge in [0.2, 0.25) is 0 Å². The first-order valence-electron chi connectivity index (χ1n) is 6.02. The summed E-state index contributed by atoms with van der Waals surface area (Å²) in [6.07, 6.45) is 0. The Balaban J connectivity index is 2.03. The number of aryl methyl sites for hydroxylation is 2. The van der Waals surface area contributed by atoms with E-state index in [1.165, 1.54) is 0 Å². The highest BCUT2D eigenvalue weighted by Gasteiger charge is 2.07. The maximum atomic E-state index is 12.0. The molecular weight excluding hydrogens is 304 g/mol. The predicted octanol–water partition coefficient (Wildman–Crippen LogP) is 3.39. The second-order valence-corrected chi connectivity index (χ2v) is 5.40. The number of rotatable bonds is 3. The van der Waals surface area contributed by atoms with Gasteiger partial charge in [0.1, 0.15) is 5.69 Å². The smallest absolute Gasteiger partial charge is 0.270 e. The lowest BCUT2D eigenvalue weighted by Crippen LogP contribution is -2.24. The number of carbonyl (C=O) groups is 1. The molecule has 0 spiro atoms. The van der Waals surface area contributed by atoms with Crippen LogP contribution in [0, 0.1) is 13.8 Å². The highest BCUT2D eigenvalue weighted by Crippen LogP contribution is 2.10. The number of nitrogens with zero attached hydrogens (tertiary/aromatic N) is 1. The lowest BCUT2D eigenvalue weighted by molar-refractivity contribution is 0.0945. The van der Waals surface area contributed by atoms with Crippen LogP contribution in [0.2, 0.25) is 0 Å². The number of halogens is 1. The van der Waals surface area contributed by atoms with Gasteiger partial charge in [-0.05, 0) is 49.2 Å². The second-order valence-electron chi connectivity index (χ2n) is 4.48. The standard InChI is InChI=1S/C15H15BrN2O/c1-10-7-11(2)18-14(8-10)15(19)17-9-12-3-5-13(16)6-4-12/h3-8H,9H2,1-2H3,(H,17,19). The first kappa shape index (κ1) is 13.7. The molecule has 0 radical (unpaired) electrons. The van der Waals surface area contributed by atoms with Crippen molar-refractivity contribution < 1.29 is 4.79 Å². The third-order valence-corrected chi connectivity index (χ3v) is 3.23. The molecule has 1 heterocycles. The number of pyridine rings is 1. The highest BCUT2D eigenvalue weighted by molar-refractivity contribution is 9.10. The number of amides is 1. The Kier molecular flexibility index (Phi) is 4.32. The van der Waals surface area contributed by atoms with Crippen LogP contribution in [0.25, 0.3) is 0 Å². The first-order chi connectivity index (χ1) is 9.04. The van der Waals surface area contributed by atoms with Gasteiger partial charge in [-0.1, -0.05) is 28.1 Å². The van der Waals surface area contributed by atoms with Crippen molar-refractivity contribution in [2.45, 2.75) is 20.4 Å². The first-order valence-corrected chi connectivity index (χ1v) is 6.82. The zero-order valence-electron chi connectivity index (χ0n) is 10.9. The van der Waals surface area contributed by atoms with Crippen molar-refractivity contribution in [2.75, 3.05) is 0 Å². The topological polar surface area (TPSA) is 42.0 Å². The molecule has 0 fully saturated rings. The molecular formula is C15H15BrN2O. The molecule has 0 bridgehead atoms. The fourth-order valence-electron chi connectivity index (χ4n) is 1.83. The Bertz CT molecular complexity index is 573. The molecule has 0 aliphatic heterocycles. The summed E-state index contributed by atoms with van der Waals surface area (Å²) in [7, 11) is 0. The quantitative estimate of drug-likeness (QED) is 0.942. The summed E-state index contributed by atoms with van der Waals surface area (Å²) in [4.78, 5) is 16.2. The molecule has 0 saturated carbocycles. The Morgan fingerprint density at radius 3 is 2.53 bits per heavy atom. The minimum atomic E-state index is -0.144. The van der Waals surface area contributed by atoms with Gasteiger partial charge >= 0.3 is 0 Å². The van der Waals surface area contributed by atoms with E-state index in [1.54, 1.807) is 6.07 Å². The summed E-state index contributed by atoms with van der Waals surface area (Å²) in [6, 6.07) is 11.6. The van der Waals surface area contributed by atoms with Crippen LogP contribution in [0.1, 0.15) is 27.3 Å². The van der Waals surface area contributed by atoms with Gasteiger partial charge in [-0.25, -0.2) is 4.98 Å². The van der Waals surface area contributed by atoms with Gasteiger partial charge in [0.25, 0.3) is 5.91 Å². The number of carbonyl (C=O) groups excluding carboxylic acids is 1. The normalized spacial score (nSPS) is 10.3. The molecule has 2 aromatic rings. The van der Waals surface area contributed by atoms with Crippen molar-refractivity contribution in [3.05, 3.63) is 63.4 Å². The zero-order chi connectivity index (χ0) is 13.8. The van der Waals surface area contributed by atoms with Gasteiger partial charge in [-0.3, -0.25) is 4.79 Å². The van der Waals surface area contributed by atoms with Crippen molar-refractivity contribution in [1.29, 1.82) is 0 Å². The van der Waals surface area contributed by atoms with Gasteiger partial charge in [0.15, 0.2) is 0 Å². The monoisotopic (exact) mass is 318 g/mol. The number of benzene rings is 1. The molecule has 1 aromatic carbocycles. The molecule has 4 heteroatoms. The van der Waals surface area contributed by atoms with E-state index in [2.05, 4.69) is 26.2 Å². The van der Waals surface area contributed by atoms with Crippen LogP contribution in [-0.4, -0.2) is 10.9 Å². The maximum Gasteiger partial charge on any atom is 0.270 e. The van der Waals surface area contributed by atoms with Crippen LogP contribution in [0.3, 0.4) is 0 Å². The van der Waals surface area contributed by atoms with Crippen molar-refractivity contribution in [3.63, 3.8) is 0 Å². The molecule has 3 nitrogen and oxygen atoms in total. The Morgan fingerprint density at radius 1 is 1.21 bits per heavy atom. The lowest BCUT2D eigenvalue weighted by Gasteiger charge is -2.06. The molecule has 0 saturated heterocycles.